The maximum atomic E-state index is 6.03. The van der Waals surface area contributed by atoms with Crippen molar-refractivity contribution in [2.24, 2.45) is 5.73 Å². The summed E-state index contributed by atoms with van der Waals surface area (Å²) in [5, 5.41) is 2.39. The first kappa shape index (κ1) is 14.9. The summed E-state index contributed by atoms with van der Waals surface area (Å²) < 4.78 is 5.19. The molecular weight excluding hydrogens is 250 g/mol. The monoisotopic (exact) mass is 273 g/mol. The molecule has 20 heavy (non-hydrogen) atoms. The smallest absolute Gasteiger partial charge is 0.0589 e. The minimum absolute atomic E-state index is 0.175. The second kappa shape index (κ2) is 7.33. The number of likely N-dealkylation sites (N-methyl/N-ethyl adjacent to an activating group) is 1. The number of nitrogens with two attached hydrogens (primary N) is 1. The molecule has 1 aromatic heterocycles. The Bertz CT molecular complexity index is 539. The molecule has 0 saturated heterocycles. The zero-order valence-electron chi connectivity index (χ0n) is 12.2. The third-order valence-electron chi connectivity index (χ3n) is 3.71. The molecule has 2 rings (SSSR count). The molecule has 1 aromatic carbocycles. The maximum Gasteiger partial charge on any atom is 0.0589 e. The molecule has 4 heteroatoms. The molecule has 0 aliphatic heterocycles. The van der Waals surface area contributed by atoms with E-state index in [0.29, 0.717) is 13.2 Å². The number of benzene rings is 1. The number of rotatable bonds is 7. The number of hydrogen-bond acceptors (Lipinski definition) is 4. The van der Waals surface area contributed by atoms with Gasteiger partial charge in [-0.05, 0) is 17.5 Å². The summed E-state index contributed by atoms with van der Waals surface area (Å²) in [5.74, 6) is 0. The fourth-order valence-corrected chi connectivity index (χ4v) is 2.62. The van der Waals surface area contributed by atoms with Crippen LogP contribution in [0.4, 0.5) is 0 Å². The predicted molar refractivity (Wildman–Crippen MR) is 82.7 cm³/mol. The van der Waals surface area contributed by atoms with E-state index in [1.807, 2.05) is 18.5 Å². The van der Waals surface area contributed by atoms with E-state index in [-0.39, 0.29) is 6.04 Å². The molecule has 0 amide bonds. The van der Waals surface area contributed by atoms with E-state index < -0.39 is 0 Å². The van der Waals surface area contributed by atoms with Crippen molar-refractivity contribution in [3.05, 3.63) is 42.2 Å². The van der Waals surface area contributed by atoms with Gasteiger partial charge in [-0.2, -0.15) is 0 Å². The fraction of sp³-hybridized carbons (Fsp3) is 0.438. The molecule has 1 atom stereocenters. The van der Waals surface area contributed by atoms with Crippen molar-refractivity contribution in [1.82, 2.24) is 9.88 Å². The molecule has 108 valence electrons. The van der Waals surface area contributed by atoms with Crippen LogP contribution in [0, 0.1) is 0 Å². The van der Waals surface area contributed by atoms with E-state index in [0.717, 1.165) is 18.5 Å². The van der Waals surface area contributed by atoms with Crippen molar-refractivity contribution in [2.45, 2.75) is 13.0 Å². The minimum Gasteiger partial charge on any atom is -0.383 e. The number of pyridine rings is 1. The Labute approximate surface area is 120 Å². The van der Waals surface area contributed by atoms with Crippen LogP contribution in [-0.4, -0.2) is 43.2 Å². The number of fused-ring (bicyclic) bond motifs is 1. The van der Waals surface area contributed by atoms with E-state index in [1.54, 1.807) is 7.11 Å². The highest BCUT2D eigenvalue weighted by Crippen LogP contribution is 2.26. The Balaban J connectivity index is 2.37. The van der Waals surface area contributed by atoms with Crippen LogP contribution in [-0.2, 0) is 4.74 Å². The van der Waals surface area contributed by atoms with Crippen molar-refractivity contribution in [3.63, 3.8) is 0 Å². The molecule has 1 heterocycles. The number of aromatic nitrogens is 1. The van der Waals surface area contributed by atoms with E-state index in [4.69, 9.17) is 10.5 Å². The van der Waals surface area contributed by atoms with Gasteiger partial charge in [0.05, 0.1) is 6.61 Å². The summed E-state index contributed by atoms with van der Waals surface area (Å²) in [6.45, 7) is 5.25. The van der Waals surface area contributed by atoms with Gasteiger partial charge in [0.2, 0.25) is 0 Å². The number of nitrogens with zero attached hydrogens (tertiary/aromatic N) is 2. The number of methoxy groups -OCH3 is 1. The first-order chi connectivity index (χ1) is 9.81. The first-order valence-corrected chi connectivity index (χ1v) is 7.07. The Morgan fingerprint density at radius 3 is 2.80 bits per heavy atom. The van der Waals surface area contributed by atoms with Crippen molar-refractivity contribution in [2.75, 3.05) is 33.4 Å². The average molecular weight is 273 g/mol. The van der Waals surface area contributed by atoms with Crippen molar-refractivity contribution in [3.8, 4) is 0 Å². The molecule has 0 spiro atoms. The molecule has 0 aliphatic carbocycles. The molecular formula is C16H23N3O. The quantitative estimate of drug-likeness (QED) is 0.840. The van der Waals surface area contributed by atoms with Gasteiger partial charge in [-0.25, -0.2) is 0 Å². The molecule has 0 aliphatic rings. The van der Waals surface area contributed by atoms with Crippen LogP contribution >= 0.6 is 0 Å². The zero-order valence-corrected chi connectivity index (χ0v) is 12.2. The summed E-state index contributed by atoms with van der Waals surface area (Å²) >= 11 is 0. The Morgan fingerprint density at radius 2 is 2.10 bits per heavy atom. The third kappa shape index (κ3) is 3.15. The molecule has 2 N–H and O–H groups in total. The summed E-state index contributed by atoms with van der Waals surface area (Å²) in [6, 6.07) is 8.50. The number of ether oxygens (including phenoxy) is 1. The molecule has 0 saturated carbocycles. The molecule has 2 aromatic rings. The standard InChI is InChI=1S/C16H23N3O/c1-3-19(8-9-20-2)16(10-17)15-12-18-11-13-6-4-5-7-14(13)15/h4-7,11-12,16H,3,8-10,17H2,1-2H3. The number of hydrogen-bond donors (Lipinski definition) is 1. The topological polar surface area (TPSA) is 51.4 Å². The van der Waals surface area contributed by atoms with Gasteiger partial charge in [0.15, 0.2) is 0 Å². The van der Waals surface area contributed by atoms with Crippen LogP contribution in [0.1, 0.15) is 18.5 Å². The summed E-state index contributed by atoms with van der Waals surface area (Å²) in [5.41, 5.74) is 7.23. The highest BCUT2D eigenvalue weighted by atomic mass is 16.5. The van der Waals surface area contributed by atoms with Gasteiger partial charge in [0.1, 0.15) is 0 Å². The molecule has 4 nitrogen and oxygen atoms in total. The fourth-order valence-electron chi connectivity index (χ4n) is 2.62. The lowest BCUT2D eigenvalue weighted by atomic mass is 10.0. The first-order valence-electron chi connectivity index (χ1n) is 7.07. The van der Waals surface area contributed by atoms with Gasteiger partial charge < -0.3 is 10.5 Å². The van der Waals surface area contributed by atoms with Crippen molar-refractivity contribution < 1.29 is 4.74 Å². The molecule has 0 fully saturated rings. The zero-order chi connectivity index (χ0) is 14.4. The third-order valence-corrected chi connectivity index (χ3v) is 3.71. The second-order valence-electron chi connectivity index (χ2n) is 4.82. The van der Waals surface area contributed by atoms with E-state index in [1.165, 1.54) is 10.9 Å². The van der Waals surface area contributed by atoms with Gasteiger partial charge in [-0.3, -0.25) is 9.88 Å². The van der Waals surface area contributed by atoms with Gasteiger partial charge in [-0.1, -0.05) is 31.2 Å². The van der Waals surface area contributed by atoms with Crippen LogP contribution in [0.2, 0.25) is 0 Å². The van der Waals surface area contributed by atoms with Crippen LogP contribution in [0.5, 0.6) is 0 Å². The minimum atomic E-state index is 0.175. The summed E-state index contributed by atoms with van der Waals surface area (Å²) in [7, 11) is 1.73. The van der Waals surface area contributed by atoms with Gasteiger partial charge in [-0.15, -0.1) is 0 Å². The van der Waals surface area contributed by atoms with Gasteiger partial charge in [0.25, 0.3) is 0 Å². The summed E-state index contributed by atoms with van der Waals surface area (Å²) in [6.07, 6.45) is 3.84. The van der Waals surface area contributed by atoms with E-state index >= 15 is 0 Å². The Kier molecular flexibility index (Phi) is 5.47. The van der Waals surface area contributed by atoms with E-state index in [9.17, 15) is 0 Å². The second-order valence-corrected chi connectivity index (χ2v) is 4.82. The molecule has 1 unspecified atom stereocenters. The van der Waals surface area contributed by atoms with E-state index in [2.05, 4.69) is 35.0 Å². The van der Waals surface area contributed by atoms with Crippen LogP contribution in [0.3, 0.4) is 0 Å². The maximum absolute atomic E-state index is 6.03. The highest BCUT2D eigenvalue weighted by Gasteiger charge is 2.19. The largest absolute Gasteiger partial charge is 0.383 e. The lowest BCUT2D eigenvalue weighted by Gasteiger charge is -2.30. The Hall–Kier alpha value is -1.49. The van der Waals surface area contributed by atoms with Crippen LogP contribution in [0.15, 0.2) is 36.7 Å². The van der Waals surface area contributed by atoms with Crippen LogP contribution < -0.4 is 5.73 Å². The lowest BCUT2D eigenvalue weighted by molar-refractivity contribution is 0.126. The lowest BCUT2D eigenvalue weighted by Crippen LogP contribution is -2.36. The van der Waals surface area contributed by atoms with Crippen molar-refractivity contribution >= 4 is 10.8 Å². The Morgan fingerprint density at radius 1 is 1.30 bits per heavy atom. The molecule has 0 bridgehead atoms. The molecule has 0 radical (unpaired) electrons. The average Bonchev–Trinajstić information content (AvgIpc) is 2.51. The van der Waals surface area contributed by atoms with Crippen molar-refractivity contribution in [1.29, 1.82) is 0 Å². The highest BCUT2D eigenvalue weighted by molar-refractivity contribution is 5.85. The van der Waals surface area contributed by atoms with Crippen LogP contribution in [0.25, 0.3) is 10.8 Å². The van der Waals surface area contributed by atoms with Gasteiger partial charge in [0, 0.05) is 44.0 Å². The SMILES string of the molecule is CCN(CCOC)C(CN)c1cncc2ccccc12. The van der Waals surface area contributed by atoms with Gasteiger partial charge >= 0.3 is 0 Å². The summed E-state index contributed by atoms with van der Waals surface area (Å²) in [4.78, 5) is 6.71. The normalized spacial score (nSPS) is 13.0. The predicted octanol–water partition coefficient (Wildman–Crippen LogP) is 2.20.